The number of piperidine rings is 1. The molecular formula is C15H24N4O. The lowest BCUT2D eigenvalue weighted by Crippen LogP contribution is -2.42. The number of nitrogens with zero attached hydrogens (tertiary/aromatic N) is 3. The first kappa shape index (κ1) is 13.6. The van der Waals surface area contributed by atoms with Gasteiger partial charge in [0.05, 0.1) is 6.10 Å². The van der Waals surface area contributed by atoms with Crippen LogP contribution in [0.4, 0.5) is 5.95 Å². The zero-order valence-electron chi connectivity index (χ0n) is 12.4. The Morgan fingerprint density at radius 1 is 1.30 bits per heavy atom. The molecule has 2 saturated heterocycles. The fraction of sp³-hybridized carbons (Fsp3) is 0.733. The maximum Gasteiger partial charge on any atom is 0.226 e. The number of ether oxygens (including phenoxy) is 1. The van der Waals surface area contributed by atoms with E-state index in [1.54, 1.807) is 6.20 Å². The standard InChI is InChI=1S/C15H24N4O/c1-11(2)20-14-6-8-16-15(18-14)17-12-7-10-19-9-4-3-5-13(12)19/h6,8,11-13H,3-5,7,9-10H2,1-2H3,(H,16,17,18). The highest BCUT2D eigenvalue weighted by atomic mass is 16.5. The number of aromatic nitrogens is 2. The van der Waals surface area contributed by atoms with Crippen LogP contribution in [0.15, 0.2) is 12.3 Å². The molecule has 2 unspecified atom stereocenters. The van der Waals surface area contributed by atoms with Crippen LogP contribution in [0.2, 0.25) is 0 Å². The molecule has 0 aliphatic carbocycles. The summed E-state index contributed by atoms with van der Waals surface area (Å²) in [6.45, 7) is 6.46. The highest BCUT2D eigenvalue weighted by Crippen LogP contribution is 2.28. The van der Waals surface area contributed by atoms with Gasteiger partial charge in [-0.25, -0.2) is 4.98 Å². The van der Waals surface area contributed by atoms with E-state index in [1.165, 1.54) is 38.8 Å². The number of hydrogen-bond donors (Lipinski definition) is 1. The van der Waals surface area contributed by atoms with Crippen LogP contribution in [0.3, 0.4) is 0 Å². The monoisotopic (exact) mass is 276 g/mol. The minimum atomic E-state index is 0.137. The zero-order chi connectivity index (χ0) is 13.9. The summed E-state index contributed by atoms with van der Waals surface area (Å²) in [6, 6.07) is 2.94. The maximum absolute atomic E-state index is 5.62. The van der Waals surface area contributed by atoms with Crippen molar-refractivity contribution >= 4 is 5.95 Å². The Bertz CT molecular complexity index is 451. The van der Waals surface area contributed by atoms with E-state index in [1.807, 2.05) is 19.9 Å². The Balaban J connectivity index is 1.65. The molecule has 3 rings (SSSR count). The molecule has 2 fully saturated rings. The first-order valence-corrected chi connectivity index (χ1v) is 7.72. The Kier molecular flexibility index (Phi) is 4.05. The summed E-state index contributed by atoms with van der Waals surface area (Å²) in [5.74, 6) is 1.34. The van der Waals surface area contributed by atoms with Crippen molar-refractivity contribution in [3.63, 3.8) is 0 Å². The third-order valence-corrected chi connectivity index (χ3v) is 4.16. The van der Waals surface area contributed by atoms with Crippen molar-refractivity contribution in [2.75, 3.05) is 18.4 Å². The Hall–Kier alpha value is -1.36. The number of hydrogen-bond acceptors (Lipinski definition) is 5. The molecule has 0 radical (unpaired) electrons. The van der Waals surface area contributed by atoms with Crippen LogP contribution in [-0.2, 0) is 0 Å². The smallest absolute Gasteiger partial charge is 0.226 e. The topological polar surface area (TPSA) is 50.3 Å². The van der Waals surface area contributed by atoms with E-state index < -0.39 is 0 Å². The van der Waals surface area contributed by atoms with Crippen molar-refractivity contribution in [3.05, 3.63) is 12.3 Å². The van der Waals surface area contributed by atoms with E-state index in [0.29, 0.717) is 23.9 Å². The van der Waals surface area contributed by atoms with E-state index in [9.17, 15) is 0 Å². The van der Waals surface area contributed by atoms with Crippen LogP contribution in [0, 0.1) is 0 Å². The molecule has 2 atom stereocenters. The fourth-order valence-electron chi connectivity index (χ4n) is 3.30. The molecule has 0 spiro atoms. The van der Waals surface area contributed by atoms with Crippen molar-refractivity contribution in [2.24, 2.45) is 0 Å². The third kappa shape index (κ3) is 3.03. The Morgan fingerprint density at radius 2 is 2.20 bits per heavy atom. The van der Waals surface area contributed by atoms with Crippen molar-refractivity contribution < 1.29 is 4.74 Å². The van der Waals surface area contributed by atoms with Gasteiger partial charge in [0, 0.05) is 30.9 Å². The number of rotatable bonds is 4. The lowest BCUT2D eigenvalue weighted by atomic mass is 9.99. The predicted molar refractivity (Wildman–Crippen MR) is 79.0 cm³/mol. The van der Waals surface area contributed by atoms with E-state index in [-0.39, 0.29) is 6.10 Å². The minimum Gasteiger partial charge on any atom is -0.475 e. The molecule has 110 valence electrons. The molecule has 20 heavy (non-hydrogen) atoms. The van der Waals surface area contributed by atoms with E-state index in [4.69, 9.17) is 4.74 Å². The number of fused-ring (bicyclic) bond motifs is 1. The highest BCUT2D eigenvalue weighted by molar-refractivity contribution is 5.30. The molecule has 0 amide bonds. The molecule has 3 heterocycles. The average molecular weight is 276 g/mol. The van der Waals surface area contributed by atoms with Gasteiger partial charge in [0.1, 0.15) is 0 Å². The first-order chi connectivity index (χ1) is 9.72. The van der Waals surface area contributed by atoms with Crippen molar-refractivity contribution in [3.8, 4) is 5.88 Å². The van der Waals surface area contributed by atoms with Crippen molar-refractivity contribution in [1.82, 2.24) is 14.9 Å². The van der Waals surface area contributed by atoms with Gasteiger partial charge in [-0.3, -0.25) is 4.90 Å². The molecular weight excluding hydrogens is 252 g/mol. The highest BCUT2D eigenvalue weighted by Gasteiger charge is 2.35. The second-order valence-corrected chi connectivity index (χ2v) is 6.02. The van der Waals surface area contributed by atoms with E-state index in [0.717, 1.165) is 0 Å². The molecule has 1 aromatic heterocycles. The quantitative estimate of drug-likeness (QED) is 0.914. The van der Waals surface area contributed by atoms with Gasteiger partial charge in [-0.05, 0) is 39.7 Å². The zero-order valence-corrected chi connectivity index (χ0v) is 12.4. The van der Waals surface area contributed by atoms with Gasteiger partial charge in [0.15, 0.2) is 0 Å². The van der Waals surface area contributed by atoms with Crippen LogP contribution >= 0.6 is 0 Å². The van der Waals surface area contributed by atoms with Gasteiger partial charge < -0.3 is 10.1 Å². The van der Waals surface area contributed by atoms with Crippen LogP contribution in [-0.4, -0.2) is 46.1 Å². The number of anilines is 1. The Labute approximate surface area is 120 Å². The third-order valence-electron chi connectivity index (χ3n) is 4.16. The second kappa shape index (κ2) is 5.95. The summed E-state index contributed by atoms with van der Waals surface area (Å²) in [4.78, 5) is 11.4. The van der Waals surface area contributed by atoms with Gasteiger partial charge >= 0.3 is 0 Å². The molecule has 0 bridgehead atoms. The average Bonchev–Trinajstić information content (AvgIpc) is 2.82. The van der Waals surface area contributed by atoms with Crippen LogP contribution < -0.4 is 10.1 Å². The molecule has 5 heteroatoms. The van der Waals surface area contributed by atoms with Crippen LogP contribution in [0.1, 0.15) is 39.5 Å². The van der Waals surface area contributed by atoms with E-state index >= 15 is 0 Å². The molecule has 1 aromatic rings. The SMILES string of the molecule is CC(C)Oc1ccnc(NC2CCN3CCCCC23)n1. The van der Waals surface area contributed by atoms with Gasteiger partial charge in [0.2, 0.25) is 11.8 Å². The summed E-state index contributed by atoms with van der Waals surface area (Å²) in [5, 5.41) is 3.51. The van der Waals surface area contributed by atoms with Crippen molar-refractivity contribution in [2.45, 2.75) is 57.7 Å². The summed E-state index contributed by atoms with van der Waals surface area (Å²) in [6.07, 6.45) is 7.07. The van der Waals surface area contributed by atoms with Gasteiger partial charge in [-0.1, -0.05) is 6.42 Å². The summed E-state index contributed by atoms with van der Waals surface area (Å²) < 4.78 is 5.62. The lowest BCUT2D eigenvalue weighted by molar-refractivity contribution is 0.192. The summed E-state index contributed by atoms with van der Waals surface area (Å²) in [5.41, 5.74) is 0. The second-order valence-electron chi connectivity index (χ2n) is 6.02. The predicted octanol–water partition coefficient (Wildman–Crippen LogP) is 2.30. The summed E-state index contributed by atoms with van der Waals surface area (Å²) in [7, 11) is 0. The fourth-order valence-corrected chi connectivity index (χ4v) is 3.30. The molecule has 2 aliphatic rings. The maximum atomic E-state index is 5.62. The lowest BCUT2D eigenvalue weighted by Gasteiger charge is -2.32. The number of nitrogens with one attached hydrogen (secondary N) is 1. The summed E-state index contributed by atoms with van der Waals surface area (Å²) >= 11 is 0. The largest absolute Gasteiger partial charge is 0.475 e. The van der Waals surface area contributed by atoms with Crippen LogP contribution in [0.25, 0.3) is 0 Å². The van der Waals surface area contributed by atoms with Gasteiger partial charge in [-0.15, -0.1) is 0 Å². The Morgan fingerprint density at radius 3 is 3.05 bits per heavy atom. The minimum absolute atomic E-state index is 0.137. The molecule has 0 saturated carbocycles. The van der Waals surface area contributed by atoms with Gasteiger partial charge in [-0.2, -0.15) is 4.98 Å². The van der Waals surface area contributed by atoms with Gasteiger partial charge in [0.25, 0.3) is 0 Å². The first-order valence-electron chi connectivity index (χ1n) is 7.72. The molecule has 5 nitrogen and oxygen atoms in total. The molecule has 1 N–H and O–H groups in total. The van der Waals surface area contributed by atoms with Crippen LogP contribution in [0.5, 0.6) is 5.88 Å². The molecule has 2 aliphatic heterocycles. The van der Waals surface area contributed by atoms with E-state index in [2.05, 4.69) is 20.2 Å². The van der Waals surface area contributed by atoms with Crippen molar-refractivity contribution in [1.29, 1.82) is 0 Å². The normalized spacial score (nSPS) is 26.6. The molecule has 0 aromatic carbocycles.